The summed E-state index contributed by atoms with van der Waals surface area (Å²) >= 11 is 0. The summed E-state index contributed by atoms with van der Waals surface area (Å²) in [7, 11) is 3.42. The van der Waals surface area contributed by atoms with Crippen LogP contribution in [0.15, 0.2) is 24.3 Å². The van der Waals surface area contributed by atoms with Crippen LogP contribution in [0.1, 0.15) is 51.8 Å². The Labute approximate surface area is 189 Å². The number of rotatable bonds is 5. The van der Waals surface area contributed by atoms with Gasteiger partial charge in [-0.15, -0.1) is 0 Å². The number of likely N-dealkylation sites (N-methyl/N-ethyl adjacent to an activating group) is 2. The van der Waals surface area contributed by atoms with Crippen molar-refractivity contribution >= 4 is 28.4 Å². The van der Waals surface area contributed by atoms with Gasteiger partial charge < -0.3 is 14.8 Å². The van der Waals surface area contributed by atoms with E-state index in [9.17, 15) is 9.59 Å². The van der Waals surface area contributed by atoms with Gasteiger partial charge in [-0.1, -0.05) is 26.8 Å². The minimum atomic E-state index is -0.526. The van der Waals surface area contributed by atoms with E-state index in [2.05, 4.69) is 35.1 Å². The van der Waals surface area contributed by atoms with Crippen molar-refractivity contribution in [2.45, 2.75) is 59.4 Å². The predicted molar refractivity (Wildman–Crippen MR) is 128 cm³/mol. The molecule has 32 heavy (non-hydrogen) atoms. The number of carbonyl (C=O) groups excluding carboxylic acids is 2. The number of carbonyl (C=O) groups is 2. The van der Waals surface area contributed by atoms with E-state index in [0.717, 1.165) is 47.2 Å². The first-order valence-corrected chi connectivity index (χ1v) is 11.3. The number of H-pyrrole nitrogens is 2. The van der Waals surface area contributed by atoms with Crippen molar-refractivity contribution in [3.8, 4) is 11.4 Å². The number of anilines is 1. The fourth-order valence-electron chi connectivity index (χ4n) is 4.56. The zero-order valence-corrected chi connectivity index (χ0v) is 19.9. The van der Waals surface area contributed by atoms with Crippen molar-refractivity contribution in [3.05, 3.63) is 35.5 Å². The lowest BCUT2D eigenvalue weighted by Crippen LogP contribution is -2.46. The minimum absolute atomic E-state index is 0.0468. The maximum absolute atomic E-state index is 13.0. The Morgan fingerprint density at radius 1 is 1.22 bits per heavy atom. The van der Waals surface area contributed by atoms with Crippen molar-refractivity contribution in [2.24, 2.45) is 5.41 Å². The molecule has 2 amide bonds. The molecular weight excluding hydrogens is 402 g/mol. The smallest absolute Gasteiger partial charge is 0.249 e. The molecule has 0 saturated carbocycles. The van der Waals surface area contributed by atoms with Crippen LogP contribution in [0.25, 0.3) is 22.3 Å². The van der Waals surface area contributed by atoms with E-state index in [1.165, 1.54) is 16.2 Å². The molecular formula is C25H33N5O2. The average molecular weight is 436 g/mol. The second kappa shape index (κ2) is 8.11. The van der Waals surface area contributed by atoms with Crippen LogP contribution in [-0.4, -0.2) is 52.0 Å². The molecule has 2 aromatic heterocycles. The number of aromatic nitrogens is 3. The number of fused-ring (bicyclic) bond motifs is 2. The van der Waals surface area contributed by atoms with E-state index in [4.69, 9.17) is 0 Å². The molecule has 2 heterocycles. The van der Waals surface area contributed by atoms with Crippen molar-refractivity contribution < 1.29 is 9.59 Å². The third-order valence-corrected chi connectivity index (χ3v) is 6.87. The molecule has 170 valence electrons. The van der Waals surface area contributed by atoms with Crippen LogP contribution in [0.2, 0.25) is 0 Å². The van der Waals surface area contributed by atoms with Crippen LogP contribution in [0, 0.1) is 5.41 Å². The Hall–Kier alpha value is -3.09. The maximum atomic E-state index is 13.0. The molecule has 0 spiro atoms. The number of hydrogen-bond acceptors (Lipinski definition) is 3. The minimum Gasteiger partial charge on any atom is -0.353 e. The Morgan fingerprint density at radius 2 is 1.97 bits per heavy atom. The summed E-state index contributed by atoms with van der Waals surface area (Å²) in [5.74, 6) is -0.168. The summed E-state index contributed by atoms with van der Waals surface area (Å²) in [5.41, 5.74) is 6.56. The van der Waals surface area contributed by atoms with Gasteiger partial charge in [0.05, 0.1) is 5.69 Å². The summed E-state index contributed by atoms with van der Waals surface area (Å²) in [6.45, 7) is 8.17. The standard InChI is InChI=1S/C25H33N5O2/c1-7-22(31)29(5)15(2)24(32)30(6)17-9-8-16-12-20(26-19(16)13-17)23-18-10-11-25(3,4)14-21(18)27-28-23/h8-9,12-13,15,26H,7,10-11,14H2,1-6H3,(H,27,28)/t15-/m0/s1. The van der Waals surface area contributed by atoms with E-state index in [0.29, 0.717) is 11.8 Å². The predicted octanol–water partition coefficient (Wildman–Crippen LogP) is 4.29. The van der Waals surface area contributed by atoms with E-state index in [1.54, 1.807) is 32.8 Å². The van der Waals surface area contributed by atoms with Crippen LogP contribution < -0.4 is 4.90 Å². The molecule has 0 fully saturated rings. The summed E-state index contributed by atoms with van der Waals surface area (Å²) in [4.78, 5) is 31.6. The lowest BCUT2D eigenvalue weighted by Gasteiger charge is -2.29. The van der Waals surface area contributed by atoms with Crippen LogP contribution in [0.5, 0.6) is 0 Å². The maximum Gasteiger partial charge on any atom is 0.249 e. The molecule has 1 aliphatic carbocycles. The summed E-state index contributed by atoms with van der Waals surface area (Å²) in [6, 6.07) is 7.53. The summed E-state index contributed by atoms with van der Waals surface area (Å²) in [5, 5.41) is 8.95. The molecule has 0 unspecified atom stereocenters. The van der Waals surface area contributed by atoms with E-state index in [1.807, 2.05) is 18.2 Å². The lowest BCUT2D eigenvalue weighted by molar-refractivity contribution is -0.136. The van der Waals surface area contributed by atoms with Crippen molar-refractivity contribution in [2.75, 3.05) is 19.0 Å². The van der Waals surface area contributed by atoms with Gasteiger partial charge in [-0.2, -0.15) is 5.10 Å². The van der Waals surface area contributed by atoms with Gasteiger partial charge >= 0.3 is 0 Å². The fourth-order valence-corrected chi connectivity index (χ4v) is 4.56. The molecule has 7 heteroatoms. The van der Waals surface area contributed by atoms with Gasteiger partial charge in [0.15, 0.2) is 0 Å². The van der Waals surface area contributed by atoms with Crippen LogP contribution >= 0.6 is 0 Å². The first-order valence-electron chi connectivity index (χ1n) is 11.3. The van der Waals surface area contributed by atoms with Gasteiger partial charge in [0.2, 0.25) is 11.8 Å². The second-order valence-corrected chi connectivity index (χ2v) is 9.76. The molecule has 3 aromatic rings. The number of aromatic amines is 2. The number of nitrogens with one attached hydrogen (secondary N) is 2. The van der Waals surface area contributed by atoms with Crippen molar-refractivity contribution in [1.29, 1.82) is 0 Å². The highest BCUT2D eigenvalue weighted by Crippen LogP contribution is 2.38. The molecule has 1 aliphatic rings. The molecule has 4 rings (SSSR count). The van der Waals surface area contributed by atoms with Crippen LogP contribution in [-0.2, 0) is 22.4 Å². The van der Waals surface area contributed by atoms with Gasteiger partial charge in [0, 0.05) is 48.4 Å². The van der Waals surface area contributed by atoms with Gasteiger partial charge in [0.25, 0.3) is 0 Å². The zero-order valence-electron chi connectivity index (χ0n) is 19.9. The van der Waals surface area contributed by atoms with E-state index in [-0.39, 0.29) is 11.8 Å². The lowest BCUT2D eigenvalue weighted by atomic mass is 9.76. The van der Waals surface area contributed by atoms with Gasteiger partial charge in [-0.25, -0.2) is 0 Å². The zero-order chi connectivity index (χ0) is 23.2. The monoisotopic (exact) mass is 435 g/mol. The van der Waals surface area contributed by atoms with Crippen molar-refractivity contribution in [3.63, 3.8) is 0 Å². The molecule has 0 radical (unpaired) electrons. The first-order chi connectivity index (χ1) is 15.1. The first kappa shape index (κ1) is 22.1. The average Bonchev–Trinajstić information content (AvgIpc) is 3.38. The normalized spacial score (nSPS) is 15.9. The summed E-state index contributed by atoms with van der Waals surface area (Å²) in [6.07, 6.45) is 3.56. The number of amides is 2. The van der Waals surface area contributed by atoms with E-state index < -0.39 is 6.04 Å². The molecule has 2 N–H and O–H groups in total. The highest BCUT2D eigenvalue weighted by molar-refractivity contribution is 6.00. The van der Waals surface area contributed by atoms with Gasteiger partial charge in [-0.3, -0.25) is 14.7 Å². The van der Waals surface area contributed by atoms with E-state index >= 15 is 0 Å². The highest BCUT2D eigenvalue weighted by atomic mass is 16.2. The fraction of sp³-hybridized carbons (Fsp3) is 0.480. The van der Waals surface area contributed by atoms with Gasteiger partial charge in [-0.05, 0) is 49.8 Å². The third-order valence-electron chi connectivity index (χ3n) is 6.87. The van der Waals surface area contributed by atoms with Crippen LogP contribution in [0.4, 0.5) is 5.69 Å². The molecule has 1 atom stereocenters. The van der Waals surface area contributed by atoms with Crippen LogP contribution in [0.3, 0.4) is 0 Å². The third kappa shape index (κ3) is 3.92. The molecule has 0 bridgehead atoms. The Bertz CT molecular complexity index is 1170. The van der Waals surface area contributed by atoms with Crippen molar-refractivity contribution in [1.82, 2.24) is 20.1 Å². The number of hydrogen-bond donors (Lipinski definition) is 2. The largest absolute Gasteiger partial charge is 0.353 e. The Kier molecular flexibility index (Phi) is 5.61. The highest BCUT2D eigenvalue weighted by Gasteiger charge is 2.29. The SMILES string of the molecule is CCC(=O)N(C)[C@@H](C)C(=O)N(C)c1ccc2cc(-c3n[nH]c4c3CCC(C)(C)C4)[nH]c2c1. The summed E-state index contributed by atoms with van der Waals surface area (Å²) < 4.78 is 0. The Balaban J connectivity index is 1.60. The van der Waals surface area contributed by atoms with Gasteiger partial charge in [0.1, 0.15) is 11.7 Å². The quantitative estimate of drug-likeness (QED) is 0.627. The topological polar surface area (TPSA) is 85.1 Å². The number of nitrogens with zero attached hydrogens (tertiary/aromatic N) is 3. The molecule has 7 nitrogen and oxygen atoms in total. The molecule has 0 saturated heterocycles. The number of benzene rings is 1. The molecule has 0 aliphatic heterocycles. The second-order valence-electron chi connectivity index (χ2n) is 9.76. The molecule has 1 aromatic carbocycles. The Morgan fingerprint density at radius 3 is 2.69 bits per heavy atom.